The SMILES string of the molecule is CCOC[C@@H]1C[C@]2(COCCN2C(=O)c2ccco2)CO1. The molecule has 1 spiro atoms. The molecule has 0 aromatic carbocycles. The Bertz CT molecular complexity index is 474. The van der Waals surface area contributed by atoms with E-state index in [2.05, 4.69) is 0 Å². The van der Waals surface area contributed by atoms with E-state index in [1.807, 2.05) is 11.8 Å². The van der Waals surface area contributed by atoms with Crippen molar-refractivity contribution in [2.24, 2.45) is 0 Å². The van der Waals surface area contributed by atoms with Gasteiger partial charge < -0.3 is 23.5 Å². The Morgan fingerprint density at radius 2 is 2.43 bits per heavy atom. The van der Waals surface area contributed by atoms with Crippen LogP contribution in [0.25, 0.3) is 0 Å². The van der Waals surface area contributed by atoms with Crippen molar-refractivity contribution in [1.29, 1.82) is 0 Å². The molecule has 0 unspecified atom stereocenters. The Morgan fingerprint density at radius 3 is 3.19 bits per heavy atom. The number of carbonyl (C=O) groups is 1. The molecule has 0 N–H and O–H groups in total. The molecule has 1 aromatic rings. The second-order valence-corrected chi connectivity index (χ2v) is 5.51. The number of carbonyl (C=O) groups excluding carboxylic acids is 1. The fraction of sp³-hybridized carbons (Fsp3) is 0.667. The maximum absolute atomic E-state index is 12.6. The first kappa shape index (κ1) is 14.6. The summed E-state index contributed by atoms with van der Waals surface area (Å²) in [5, 5.41) is 0. The van der Waals surface area contributed by atoms with E-state index in [0.717, 1.165) is 6.42 Å². The zero-order chi connectivity index (χ0) is 14.7. The number of rotatable bonds is 4. The van der Waals surface area contributed by atoms with Gasteiger partial charge in [0.1, 0.15) is 0 Å². The molecule has 21 heavy (non-hydrogen) atoms. The topological polar surface area (TPSA) is 61.1 Å². The standard InChI is InChI=1S/C15H21NO5/c1-2-18-9-12-8-15(11-21-12)10-19-7-5-16(15)14(17)13-4-3-6-20-13/h3-4,6,12H,2,5,7-11H2,1H3/t12-,15-/m0/s1. The van der Waals surface area contributed by atoms with Crippen LogP contribution in [-0.2, 0) is 14.2 Å². The van der Waals surface area contributed by atoms with Gasteiger partial charge in [-0.1, -0.05) is 0 Å². The minimum absolute atomic E-state index is 0.0125. The summed E-state index contributed by atoms with van der Waals surface area (Å²) in [6.07, 6.45) is 2.27. The number of morpholine rings is 1. The zero-order valence-electron chi connectivity index (χ0n) is 12.2. The van der Waals surface area contributed by atoms with Crippen LogP contribution in [0.15, 0.2) is 22.8 Å². The highest BCUT2D eigenvalue weighted by Gasteiger charge is 2.49. The minimum atomic E-state index is -0.399. The molecule has 1 aromatic heterocycles. The first-order chi connectivity index (χ1) is 10.2. The lowest BCUT2D eigenvalue weighted by Crippen LogP contribution is -2.59. The molecule has 2 fully saturated rings. The Labute approximate surface area is 123 Å². The van der Waals surface area contributed by atoms with Gasteiger partial charge in [0.15, 0.2) is 5.76 Å². The van der Waals surface area contributed by atoms with Gasteiger partial charge in [-0.15, -0.1) is 0 Å². The summed E-state index contributed by atoms with van der Waals surface area (Å²) in [5.41, 5.74) is -0.399. The summed E-state index contributed by atoms with van der Waals surface area (Å²) in [6.45, 7) is 5.27. The van der Waals surface area contributed by atoms with E-state index >= 15 is 0 Å². The molecule has 3 rings (SSSR count). The molecule has 1 amide bonds. The molecule has 2 saturated heterocycles. The summed E-state index contributed by atoms with van der Waals surface area (Å²) >= 11 is 0. The number of hydrogen-bond donors (Lipinski definition) is 0. The quantitative estimate of drug-likeness (QED) is 0.838. The van der Waals surface area contributed by atoms with E-state index in [-0.39, 0.29) is 12.0 Å². The van der Waals surface area contributed by atoms with Gasteiger partial charge in [0.25, 0.3) is 5.91 Å². The molecule has 6 nitrogen and oxygen atoms in total. The first-order valence-corrected chi connectivity index (χ1v) is 7.38. The van der Waals surface area contributed by atoms with Gasteiger partial charge in [0, 0.05) is 19.6 Å². The summed E-state index contributed by atoms with van der Waals surface area (Å²) in [5.74, 6) is 0.272. The highest BCUT2D eigenvalue weighted by Crippen LogP contribution is 2.34. The number of hydrogen-bond acceptors (Lipinski definition) is 5. The van der Waals surface area contributed by atoms with Crippen LogP contribution in [0.4, 0.5) is 0 Å². The fourth-order valence-electron chi connectivity index (χ4n) is 3.04. The maximum atomic E-state index is 12.6. The van der Waals surface area contributed by atoms with Crippen LogP contribution in [0.3, 0.4) is 0 Å². The molecule has 2 aliphatic heterocycles. The summed E-state index contributed by atoms with van der Waals surface area (Å²) in [6, 6.07) is 3.42. The molecular formula is C15H21NO5. The van der Waals surface area contributed by atoms with Crippen LogP contribution in [0.2, 0.25) is 0 Å². The van der Waals surface area contributed by atoms with Crippen molar-refractivity contribution in [2.45, 2.75) is 25.0 Å². The van der Waals surface area contributed by atoms with Gasteiger partial charge in [-0.2, -0.15) is 0 Å². The van der Waals surface area contributed by atoms with Gasteiger partial charge in [-0.25, -0.2) is 0 Å². The van der Waals surface area contributed by atoms with Crippen molar-refractivity contribution in [3.63, 3.8) is 0 Å². The lowest BCUT2D eigenvalue weighted by Gasteiger charge is -2.43. The minimum Gasteiger partial charge on any atom is -0.459 e. The third-order valence-electron chi connectivity index (χ3n) is 4.08. The second kappa shape index (κ2) is 6.17. The van der Waals surface area contributed by atoms with Gasteiger partial charge >= 0.3 is 0 Å². The van der Waals surface area contributed by atoms with Gasteiger partial charge in [-0.3, -0.25) is 4.79 Å². The Morgan fingerprint density at radius 1 is 1.52 bits per heavy atom. The monoisotopic (exact) mass is 295 g/mol. The Hall–Kier alpha value is -1.37. The number of ether oxygens (including phenoxy) is 3. The second-order valence-electron chi connectivity index (χ2n) is 5.51. The van der Waals surface area contributed by atoms with Gasteiger partial charge in [0.2, 0.25) is 0 Å². The van der Waals surface area contributed by atoms with Crippen LogP contribution in [0.5, 0.6) is 0 Å². The third kappa shape index (κ3) is 2.84. The molecule has 3 heterocycles. The van der Waals surface area contributed by atoms with Crippen LogP contribution in [-0.4, -0.2) is 62.0 Å². The van der Waals surface area contributed by atoms with Crippen molar-refractivity contribution in [3.05, 3.63) is 24.2 Å². The highest BCUT2D eigenvalue weighted by atomic mass is 16.5. The first-order valence-electron chi connectivity index (χ1n) is 7.38. The molecule has 0 saturated carbocycles. The molecule has 116 valence electrons. The average molecular weight is 295 g/mol. The predicted molar refractivity (Wildman–Crippen MR) is 74.1 cm³/mol. The molecule has 0 bridgehead atoms. The average Bonchev–Trinajstić information content (AvgIpc) is 3.16. The van der Waals surface area contributed by atoms with E-state index in [9.17, 15) is 4.79 Å². The van der Waals surface area contributed by atoms with Crippen molar-refractivity contribution < 1.29 is 23.4 Å². The fourth-order valence-corrected chi connectivity index (χ4v) is 3.04. The zero-order valence-corrected chi connectivity index (χ0v) is 12.2. The van der Waals surface area contributed by atoms with E-state index in [1.165, 1.54) is 6.26 Å². The number of amides is 1. The highest BCUT2D eigenvalue weighted by molar-refractivity contribution is 5.92. The normalized spacial score (nSPS) is 29.2. The van der Waals surface area contributed by atoms with Crippen LogP contribution >= 0.6 is 0 Å². The lowest BCUT2D eigenvalue weighted by atomic mass is 9.93. The van der Waals surface area contributed by atoms with Crippen molar-refractivity contribution in [2.75, 3.05) is 39.6 Å². The van der Waals surface area contributed by atoms with E-state index in [1.54, 1.807) is 12.1 Å². The molecule has 2 atom stereocenters. The van der Waals surface area contributed by atoms with Crippen molar-refractivity contribution in [1.82, 2.24) is 4.90 Å². The van der Waals surface area contributed by atoms with Crippen LogP contribution < -0.4 is 0 Å². The predicted octanol–water partition coefficient (Wildman–Crippen LogP) is 1.32. The molecule has 0 radical (unpaired) electrons. The van der Waals surface area contributed by atoms with E-state index in [0.29, 0.717) is 45.3 Å². The molecule has 6 heteroatoms. The smallest absolute Gasteiger partial charge is 0.290 e. The Balaban J connectivity index is 1.74. The van der Waals surface area contributed by atoms with E-state index in [4.69, 9.17) is 18.6 Å². The number of nitrogens with zero attached hydrogens (tertiary/aromatic N) is 1. The molecular weight excluding hydrogens is 274 g/mol. The molecule has 0 aliphatic carbocycles. The van der Waals surface area contributed by atoms with Crippen LogP contribution in [0, 0.1) is 0 Å². The third-order valence-corrected chi connectivity index (χ3v) is 4.08. The lowest BCUT2D eigenvalue weighted by molar-refractivity contribution is -0.0569. The van der Waals surface area contributed by atoms with E-state index < -0.39 is 5.54 Å². The van der Waals surface area contributed by atoms with Gasteiger partial charge in [-0.05, 0) is 19.1 Å². The summed E-state index contributed by atoms with van der Waals surface area (Å²) in [7, 11) is 0. The van der Waals surface area contributed by atoms with Crippen LogP contribution in [0.1, 0.15) is 23.9 Å². The van der Waals surface area contributed by atoms with Gasteiger partial charge in [0.05, 0.1) is 44.3 Å². The largest absolute Gasteiger partial charge is 0.459 e. The van der Waals surface area contributed by atoms with Crippen molar-refractivity contribution >= 4 is 5.91 Å². The van der Waals surface area contributed by atoms with Crippen molar-refractivity contribution in [3.8, 4) is 0 Å². The summed E-state index contributed by atoms with van der Waals surface area (Å²) < 4.78 is 22.1. The summed E-state index contributed by atoms with van der Waals surface area (Å²) in [4.78, 5) is 14.5. The number of furan rings is 1. The molecule has 2 aliphatic rings. The Kier molecular flexibility index (Phi) is 4.28. The maximum Gasteiger partial charge on any atom is 0.290 e.